The molecule has 0 bridgehead atoms. The molecule has 1 atom stereocenters. The van der Waals surface area contributed by atoms with Crippen LogP contribution in [0.3, 0.4) is 0 Å². The second-order valence-electron chi connectivity index (χ2n) is 7.20. The van der Waals surface area contributed by atoms with Crippen molar-refractivity contribution in [3.8, 4) is 0 Å². The summed E-state index contributed by atoms with van der Waals surface area (Å²) >= 11 is 0. The van der Waals surface area contributed by atoms with Crippen LogP contribution in [0.25, 0.3) is 0 Å². The van der Waals surface area contributed by atoms with Crippen molar-refractivity contribution in [3.05, 3.63) is 53.9 Å². The Morgan fingerprint density at radius 1 is 1.27 bits per heavy atom. The number of nitrogens with zero attached hydrogens (tertiary/aromatic N) is 4. The lowest BCUT2D eigenvalue weighted by Crippen LogP contribution is -2.49. The molecule has 1 amide bonds. The maximum atomic E-state index is 13.0. The van der Waals surface area contributed by atoms with E-state index in [2.05, 4.69) is 54.3 Å². The van der Waals surface area contributed by atoms with Gasteiger partial charge in [-0.25, -0.2) is 0 Å². The zero-order valence-corrected chi connectivity index (χ0v) is 16.0. The van der Waals surface area contributed by atoms with Gasteiger partial charge in [0, 0.05) is 38.4 Å². The van der Waals surface area contributed by atoms with E-state index < -0.39 is 0 Å². The van der Waals surface area contributed by atoms with Crippen LogP contribution in [-0.4, -0.2) is 58.2 Å². The fourth-order valence-electron chi connectivity index (χ4n) is 3.70. The molecule has 26 heavy (non-hydrogen) atoms. The molecule has 0 radical (unpaired) electrons. The zero-order valence-electron chi connectivity index (χ0n) is 16.0. The summed E-state index contributed by atoms with van der Waals surface area (Å²) in [6.07, 6.45) is 5.98. The summed E-state index contributed by atoms with van der Waals surface area (Å²) in [5.74, 6) is 0.122. The molecule has 1 aliphatic rings. The van der Waals surface area contributed by atoms with E-state index in [1.54, 1.807) is 6.20 Å². The van der Waals surface area contributed by atoms with Crippen LogP contribution in [0.1, 0.15) is 42.2 Å². The number of rotatable bonds is 7. The first-order valence-corrected chi connectivity index (χ1v) is 9.74. The Kier molecular flexibility index (Phi) is 6.45. The molecule has 140 valence electrons. The average Bonchev–Trinajstić information content (AvgIpc) is 3.15. The minimum absolute atomic E-state index is 0.122. The Hall–Kier alpha value is -2.14. The topological polar surface area (TPSA) is 41.4 Å². The number of benzene rings is 1. The Balaban J connectivity index is 1.57. The smallest absolute Gasteiger partial charge is 0.272 e. The van der Waals surface area contributed by atoms with Gasteiger partial charge in [-0.15, -0.1) is 0 Å². The number of carbonyl (C=O) groups is 1. The Morgan fingerprint density at radius 3 is 2.85 bits per heavy atom. The minimum atomic E-state index is 0.122. The Labute approximate surface area is 156 Å². The van der Waals surface area contributed by atoms with Gasteiger partial charge in [-0.3, -0.25) is 9.48 Å². The van der Waals surface area contributed by atoms with Crippen LogP contribution in [0.2, 0.25) is 0 Å². The fraction of sp³-hybridized carbons (Fsp3) is 0.524. The zero-order chi connectivity index (χ0) is 18.4. The number of likely N-dealkylation sites (N-methyl/N-ethyl adjacent to an activating group) is 1. The summed E-state index contributed by atoms with van der Waals surface area (Å²) in [5, 5.41) is 4.30. The molecule has 1 aliphatic heterocycles. The quantitative estimate of drug-likeness (QED) is 0.767. The molecule has 0 aliphatic carbocycles. The van der Waals surface area contributed by atoms with Crippen molar-refractivity contribution in [1.82, 2.24) is 19.6 Å². The number of likely N-dealkylation sites (tertiary alicyclic amines) is 1. The van der Waals surface area contributed by atoms with Crippen LogP contribution < -0.4 is 0 Å². The number of hydrogen-bond donors (Lipinski definition) is 0. The van der Waals surface area contributed by atoms with Crippen molar-refractivity contribution < 1.29 is 4.79 Å². The lowest BCUT2D eigenvalue weighted by atomic mass is 10.0. The van der Waals surface area contributed by atoms with Gasteiger partial charge >= 0.3 is 0 Å². The summed E-state index contributed by atoms with van der Waals surface area (Å²) < 4.78 is 1.84. The molecule has 5 heteroatoms. The second-order valence-corrected chi connectivity index (χ2v) is 7.20. The largest absolute Gasteiger partial charge is 0.336 e. The molecule has 0 saturated carbocycles. The van der Waals surface area contributed by atoms with Crippen LogP contribution in [-0.2, 0) is 13.0 Å². The highest BCUT2D eigenvalue weighted by Crippen LogP contribution is 2.18. The van der Waals surface area contributed by atoms with Crippen molar-refractivity contribution in [3.63, 3.8) is 0 Å². The average molecular weight is 354 g/mol. The van der Waals surface area contributed by atoms with Gasteiger partial charge in [0.15, 0.2) is 0 Å². The molecule has 1 saturated heterocycles. The van der Waals surface area contributed by atoms with E-state index >= 15 is 0 Å². The SMILES string of the molecule is CCCn1nccc1C(=O)N1CCCC(N(C)CCc2ccccc2)C1. The van der Waals surface area contributed by atoms with Gasteiger partial charge in [0.1, 0.15) is 5.69 Å². The van der Waals surface area contributed by atoms with Crippen LogP contribution in [0.15, 0.2) is 42.6 Å². The third-order valence-corrected chi connectivity index (χ3v) is 5.27. The van der Waals surface area contributed by atoms with Gasteiger partial charge in [-0.2, -0.15) is 5.10 Å². The highest BCUT2D eigenvalue weighted by molar-refractivity contribution is 5.92. The normalized spacial score (nSPS) is 17.7. The van der Waals surface area contributed by atoms with E-state index in [4.69, 9.17) is 0 Å². The molecule has 1 unspecified atom stereocenters. The molecule has 1 fully saturated rings. The van der Waals surface area contributed by atoms with Crippen molar-refractivity contribution in [2.24, 2.45) is 0 Å². The van der Waals surface area contributed by atoms with Crippen molar-refractivity contribution in [2.75, 3.05) is 26.7 Å². The first kappa shape index (κ1) is 18.6. The molecule has 5 nitrogen and oxygen atoms in total. The standard InChI is InChI=1S/C21H30N4O/c1-3-14-25-20(11-13-22-25)21(26)24-15-7-10-19(17-24)23(2)16-12-18-8-5-4-6-9-18/h4-6,8-9,11,13,19H,3,7,10,12,14-17H2,1-2H3. The van der Waals surface area contributed by atoms with Crippen LogP contribution in [0.5, 0.6) is 0 Å². The van der Waals surface area contributed by atoms with Gasteiger partial charge in [0.25, 0.3) is 5.91 Å². The predicted octanol–water partition coefficient (Wildman–Crippen LogP) is 3.07. The van der Waals surface area contributed by atoms with E-state index in [0.717, 1.165) is 57.6 Å². The van der Waals surface area contributed by atoms with E-state index in [1.165, 1.54) is 5.56 Å². The minimum Gasteiger partial charge on any atom is -0.336 e. The van der Waals surface area contributed by atoms with Gasteiger partial charge < -0.3 is 9.80 Å². The number of aryl methyl sites for hydroxylation is 1. The lowest BCUT2D eigenvalue weighted by molar-refractivity contribution is 0.0599. The summed E-state index contributed by atoms with van der Waals surface area (Å²) in [4.78, 5) is 17.4. The summed E-state index contributed by atoms with van der Waals surface area (Å²) in [5.41, 5.74) is 2.09. The number of hydrogen-bond acceptors (Lipinski definition) is 3. The molecule has 0 N–H and O–H groups in total. The monoisotopic (exact) mass is 354 g/mol. The third kappa shape index (κ3) is 4.52. The molecule has 1 aromatic heterocycles. The fourth-order valence-corrected chi connectivity index (χ4v) is 3.70. The summed E-state index contributed by atoms with van der Waals surface area (Å²) in [6, 6.07) is 12.9. The number of amides is 1. The molecule has 0 spiro atoms. The molecule has 3 rings (SSSR count). The van der Waals surface area contributed by atoms with E-state index in [0.29, 0.717) is 6.04 Å². The Bertz CT molecular complexity index is 697. The van der Waals surface area contributed by atoms with Gasteiger partial charge in [-0.1, -0.05) is 37.3 Å². The Morgan fingerprint density at radius 2 is 2.08 bits per heavy atom. The summed E-state index contributed by atoms with van der Waals surface area (Å²) in [6.45, 7) is 5.57. The van der Waals surface area contributed by atoms with E-state index in [9.17, 15) is 4.79 Å². The van der Waals surface area contributed by atoms with Crippen molar-refractivity contribution in [1.29, 1.82) is 0 Å². The van der Waals surface area contributed by atoms with Gasteiger partial charge in [0.05, 0.1) is 0 Å². The highest BCUT2D eigenvalue weighted by Gasteiger charge is 2.28. The van der Waals surface area contributed by atoms with E-state index in [1.807, 2.05) is 15.6 Å². The maximum absolute atomic E-state index is 13.0. The number of aromatic nitrogens is 2. The third-order valence-electron chi connectivity index (χ3n) is 5.27. The first-order chi connectivity index (χ1) is 12.7. The van der Waals surface area contributed by atoms with Crippen molar-refractivity contribution >= 4 is 5.91 Å². The van der Waals surface area contributed by atoms with Crippen LogP contribution in [0, 0.1) is 0 Å². The second kappa shape index (κ2) is 8.99. The molecule has 2 aromatic rings. The van der Waals surface area contributed by atoms with E-state index in [-0.39, 0.29) is 5.91 Å². The van der Waals surface area contributed by atoms with Gasteiger partial charge in [0.2, 0.25) is 0 Å². The highest BCUT2D eigenvalue weighted by atomic mass is 16.2. The first-order valence-electron chi connectivity index (χ1n) is 9.74. The van der Waals surface area contributed by atoms with Crippen molar-refractivity contribution in [2.45, 2.75) is 45.2 Å². The molecular weight excluding hydrogens is 324 g/mol. The predicted molar refractivity (Wildman–Crippen MR) is 104 cm³/mol. The number of carbonyl (C=O) groups excluding carboxylic acids is 1. The maximum Gasteiger partial charge on any atom is 0.272 e. The van der Waals surface area contributed by atoms with Crippen LogP contribution in [0.4, 0.5) is 0 Å². The lowest BCUT2D eigenvalue weighted by Gasteiger charge is -2.37. The van der Waals surface area contributed by atoms with Gasteiger partial charge in [-0.05, 0) is 44.4 Å². The number of piperidine rings is 1. The summed E-state index contributed by atoms with van der Waals surface area (Å²) in [7, 11) is 2.18. The molecule has 1 aromatic carbocycles. The molecular formula is C21H30N4O. The van der Waals surface area contributed by atoms with Crippen LogP contribution >= 0.6 is 0 Å². The molecule has 2 heterocycles.